The summed E-state index contributed by atoms with van der Waals surface area (Å²) in [6.07, 6.45) is -2.04. The molecular weight excluding hydrogens is 328 g/mol. The van der Waals surface area contributed by atoms with E-state index in [1.54, 1.807) is 0 Å². The first-order chi connectivity index (χ1) is 9.65. The minimum absolute atomic E-state index is 0.208. The van der Waals surface area contributed by atoms with Crippen LogP contribution in [0.25, 0.3) is 0 Å². The van der Waals surface area contributed by atoms with Crippen LogP contribution in [0.1, 0.15) is 6.42 Å². The van der Waals surface area contributed by atoms with Gasteiger partial charge in [-0.3, -0.25) is 10.1 Å². The molecule has 0 bridgehead atoms. The van der Waals surface area contributed by atoms with Crippen LogP contribution < -0.4 is 4.72 Å². The van der Waals surface area contributed by atoms with Gasteiger partial charge in [0.2, 0.25) is 10.0 Å². The minimum Gasteiger partial charge on any atom is -0.479 e. The molecule has 11 heteroatoms. The van der Waals surface area contributed by atoms with E-state index in [0.717, 1.165) is 18.2 Å². The van der Waals surface area contributed by atoms with Gasteiger partial charge in [0.15, 0.2) is 6.10 Å². The fourth-order valence-electron chi connectivity index (χ4n) is 1.34. The van der Waals surface area contributed by atoms with Gasteiger partial charge in [-0.1, -0.05) is 11.6 Å². The molecule has 116 valence electrons. The van der Waals surface area contributed by atoms with Gasteiger partial charge < -0.3 is 10.2 Å². The summed E-state index contributed by atoms with van der Waals surface area (Å²) in [5, 5.41) is 27.9. The Morgan fingerprint density at radius 3 is 2.62 bits per heavy atom. The van der Waals surface area contributed by atoms with E-state index in [0.29, 0.717) is 0 Å². The van der Waals surface area contributed by atoms with E-state index in [9.17, 15) is 23.3 Å². The molecule has 0 heterocycles. The summed E-state index contributed by atoms with van der Waals surface area (Å²) >= 11 is 5.57. The number of carboxylic acid groups (broad SMARTS) is 1. The number of halogens is 1. The molecule has 0 fully saturated rings. The van der Waals surface area contributed by atoms with E-state index < -0.39 is 32.7 Å². The summed E-state index contributed by atoms with van der Waals surface area (Å²) in [5.74, 6) is -1.48. The lowest BCUT2D eigenvalue weighted by atomic mass is 10.3. The number of sulfonamides is 1. The van der Waals surface area contributed by atoms with Gasteiger partial charge >= 0.3 is 5.97 Å². The van der Waals surface area contributed by atoms with Crippen LogP contribution in [0.3, 0.4) is 0 Å². The van der Waals surface area contributed by atoms with Gasteiger partial charge in [-0.05, 0) is 18.6 Å². The number of carbonyl (C=O) groups is 1. The average Bonchev–Trinajstić information content (AvgIpc) is 2.38. The number of nitro benzene ring substituents is 1. The highest BCUT2D eigenvalue weighted by Gasteiger charge is 2.21. The maximum atomic E-state index is 11.9. The second kappa shape index (κ2) is 6.80. The van der Waals surface area contributed by atoms with Crippen molar-refractivity contribution in [3.8, 4) is 0 Å². The van der Waals surface area contributed by atoms with Crippen molar-refractivity contribution in [1.29, 1.82) is 0 Å². The molecule has 1 aromatic rings. The molecular formula is C10H11ClN2O7S. The van der Waals surface area contributed by atoms with Crippen molar-refractivity contribution in [2.24, 2.45) is 0 Å². The van der Waals surface area contributed by atoms with Gasteiger partial charge in [0, 0.05) is 12.6 Å². The lowest BCUT2D eigenvalue weighted by molar-refractivity contribution is -0.384. The molecule has 0 saturated heterocycles. The number of nitrogens with zero attached hydrogens (tertiary/aromatic N) is 1. The minimum atomic E-state index is -4.07. The Morgan fingerprint density at radius 1 is 1.48 bits per heavy atom. The average molecular weight is 339 g/mol. The molecule has 1 rings (SSSR count). The number of nitro groups is 1. The summed E-state index contributed by atoms with van der Waals surface area (Å²) in [4.78, 5) is 19.8. The van der Waals surface area contributed by atoms with E-state index >= 15 is 0 Å². The predicted octanol–water partition coefficient (Wildman–Crippen LogP) is 0.362. The molecule has 3 N–H and O–H groups in total. The smallest absolute Gasteiger partial charge is 0.332 e. The number of carboxylic acids is 1. The number of aliphatic hydroxyl groups is 1. The number of aliphatic hydroxyl groups excluding tert-OH is 1. The molecule has 9 nitrogen and oxygen atoms in total. The third kappa shape index (κ3) is 4.63. The molecule has 0 amide bonds. The van der Waals surface area contributed by atoms with E-state index in [-0.39, 0.29) is 22.9 Å². The number of benzene rings is 1. The number of rotatable bonds is 7. The van der Waals surface area contributed by atoms with Crippen molar-refractivity contribution < 1.29 is 28.3 Å². The second-order valence-corrected chi connectivity index (χ2v) is 6.08. The molecule has 1 atom stereocenters. The van der Waals surface area contributed by atoms with Gasteiger partial charge in [0.1, 0.15) is 5.02 Å². The van der Waals surface area contributed by atoms with E-state index in [2.05, 4.69) is 0 Å². The van der Waals surface area contributed by atoms with Gasteiger partial charge in [0.25, 0.3) is 5.69 Å². The Morgan fingerprint density at radius 2 is 2.10 bits per heavy atom. The Balaban J connectivity index is 2.86. The Kier molecular flexibility index (Phi) is 5.61. The zero-order valence-electron chi connectivity index (χ0n) is 10.4. The van der Waals surface area contributed by atoms with E-state index in [4.69, 9.17) is 21.8 Å². The van der Waals surface area contributed by atoms with Crippen LogP contribution in [0.15, 0.2) is 23.1 Å². The van der Waals surface area contributed by atoms with Gasteiger partial charge in [-0.2, -0.15) is 0 Å². The zero-order chi connectivity index (χ0) is 16.2. The van der Waals surface area contributed by atoms with Crippen LogP contribution in [0.2, 0.25) is 5.02 Å². The first-order valence-corrected chi connectivity index (χ1v) is 7.35. The summed E-state index contributed by atoms with van der Waals surface area (Å²) in [7, 11) is -4.07. The van der Waals surface area contributed by atoms with E-state index in [1.807, 2.05) is 4.72 Å². The number of aliphatic carboxylic acids is 1. The summed E-state index contributed by atoms with van der Waals surface area (Å²) in [5.41, 5.74) is -0.565. The lowest BCUT2D eigenvalue weighted by Gasteiger charge is -2.08. The Hall–Kier alpha value is -1.75. The van der Waals surface area contributed by atoms with Gasteiger partial charge in [-0.15, -0.1) is 0 Å². The lowest BCUT2D eigenvalue weighted by Crippen LogP contribution is -2.30. The molecule has 0 spiro atoms. The standard InChI is InChI=1S/C10H11ClN2O7S/c11-7-2-1-6(5-8(7)13(17)18)21(19,20)12-4-3-9(14)10(15)16/h1-2,5,9,12,14H,3-4H2,(H,15,16). The van der Waals surface area contributed by atoms with Gasteiger partial charge in [0.05, 0.1) is 9.82 Å². The monoisotopic (exact) mass is 338 g/mol. The molecule has 1 unspecified atom stereocenters. The molecule has 0 aliphatic carbocycles. The van der Waals surface area contributed by atoms with Crippen LogP contribution in [-0.4, -0.2) is 42.2 Å². The van der Waals surface area contributed by atoms with Crippen LogP contribution in [0, 0.1) is 10.1 Å². The first kappa shape index (κ1) is 17.3. The third-order valence-corrected chi connectivity index (χ3v) is 4.20. The topological polar surface area (TPSA) is 147 Å². The highest BCUT2D eigenvalue weighted by molar-refractivity contribution is 7.89. The predicted molar refractivity (Wildman–Crippen MR) is 71.6 cm³/mol. The van der Waals surface area contributed by atoms with Crippen molar-refractivity contribution in [2.45, 2.75) is 17.4 Å². The Labute approximate surface area is 124 Å². The van der Waals surface area contributed by atoms with Crippen LogP contribution in [0.5, 0.6) is 0 Å². The summed E-state index contributed by atoms with van der Waals surface area (Å²) in [6.45, 7) is -0.341. The normalized spacial score (nSPS) is 12.9. The summed E-state index contributed by atoms with van der Waals surface area (Å²) in [6, 6.07) is 2.93. The molecule has 0 radical (unpaired) electrons. The number of nitrogens with one attached hydrogen (secondary N) is 1. The van der Waals surface area contributed by atoms with Crippen molar-refractivity contribution >= 4 is 33.3 Å². The van der Waals surface area contributed by atoms with Crippen molar-refractivity contribution in [2.75, 3.05) is 6.54 Å². The summed E-state index contributed by atoms with van der Waals surface area (Å²) < 4.78 is 25.8. The molecule has 0 aliphatic heterocycles. The molecule has 0 saturated carbocycles. The quantitative estimate of drug-likeness (QED) is 0.480. The maximum Gasteiger partial charge on any atom is 0.332 e. The molecule has 1 aromatic carbocycles. The zero-order valence-corrected chi connectivity index (χ0v) is 12.0. The highest BCUT2D eigenvalue weighted by atomic mass is 35.5. The SMILES string of the molecule is O=C(O)C(O)CCNS(=O)(=O)c1ccc(Cl)c([N+](=O)[O-])c1. The number of hydrogen-bond acceptors (Lipinski definition) is 6. The molecule has 21 heavy (non-hydrogen) atoms. The highest BCUT2D eigenvalue weighted by Crippen LogP contribution is 2.26. The second-order valence-electron chi connectivity index (χ2n) is 3.91. The van der Waals surface area contributed by atoms with Crippen molar-refractivity contribution in [3.63, 3.8) is 0 Å². The van der Waals surface area contributed by atoms with E-state index in [1.165, 1.54) is 0 Å². The van der Waals surface area contributed by atoms with Crippen molar-refractivity contribution in [3.05, 3.63) is 33.3 Å². The van der Waals surface area contributed by atoms with Crippen molar-refractivity contribution in [1.82, 2.24) is 4.72 Å². The third-order valence-electron chi connectivity index (χ3n) is 2.42. The first-order valence-electron chi connectivity index (χ1n) is 5.49. The largest absolute Gasteiger partial charge is 0.479 e. The van der Waals surface area contributed by atoms with Crippen LogP contribution in [0.4, 0.5) is 5.69 Å². The molecule has 0 aliphatic rings. The number of hydrogen-bond donors (Lipinski definition) is 3. The van der Waals surface area contributed by atoms with Gasteiger partial charge in [-0.25, -0.2) is 17.9 Å². The maximum absolute atomic E-state index is 11.9. The Bertz CT molecular complexity index is 661. The van der Waals surface area contributed by atoms with Crippen LogP contribution in [-0.2, 0) is 14.8 Å². The fourth-order valence-corrected chi connectivity index (χ4v) is 2.59. The fraction of sp³-hybridized carbons (Fsp3) is 0.300. The van der Waals surface area contributed by atoms with Crippen LogP contribution >= 0.6 is 11.6 Å². The molecule has 0 aromatic heterocycles.